The summed E-state index contributed by atoms with van der Waals surface area (Å²) >= 11 is 0. The number of halogens is 1. The molecule has 236 valence electrons. The number of benzene rings is 2. The Hall–Kier alpha value is -4.21. The third-order valence-electron chi connectivity index (χ3n) is 6.98. The maximum absolute atomic E-state index is 15.1. The van der Waals surface area contributed by atoms with E-state index >= 15 is 4.39 Å². The van der Waals surface area contributed by atoms with Crippen LogP contribution >= 0.6 is 0 Å². The van der Waals surface area contributed by atoms with E-state index in [2.05, 4.69) is 10.1 Å². The van der Waals surface area contributed by atoms with Gasteiger partial charge in [-0.05, 0) is 78.0 Å². The first-order valence-corrected chi connectivity index (χ1v) is 15.1. The quantitative estimate of drug-likeness (QED) is 0.214. The van der Waals surface area contributed by atoms with Crippen LogP contribution in [0.15, 0.2) is 64.1 Å². The first-order valence-electron chi connectivity index (χ1n) is 15.1. The van der Waals surface area contributed by atoms with Crippen LogP contribution < -0.4 is 0 Å². The van der Waals surface area contributed by atoms with Crippen molar-refractivity contribution >= 4 is 18.1 Å². The average Bonchev–Trinajstić information content (AvgIpc) is 3.42. The smallest absolute Gasteiger partial charge is 0.437 e. The number of carbonyl (C=O) groups excluding carboxylic acids is 2. The number of likely N-dealkylation sites (tertiary alicyclic amines) is 1. The lowest BCUT2D eigenvalue weighted by molar-refractivity contribution is 0.0330. The van der Waals surface area contributed by atoms with Crippen molar-refractivity contribution < 1.29 is 28.0 Å². The minimum Gasteiger partial charge on any atom is -0.443 e. The van der Waals surface area contributed by atoms with Crippen LogP contribution in [0.2, 0.25) is 0 Å². The molecule has 2 amide bonds. The minimum absolute atomic E-state index is 0.0649. The Bertz CT molecular complexity index is 1470. The molecular formula is C34H43FN4O5. The Labute approximate surface area is 259 Å². The van der Waals surface area contributed by atoms with Gasteiger partial charge in [0, 0.05) is 30.6 Å². The number of aromatic nitrogens is 1. The van der Waals surface area contributed by atoms with Crippen molar-refractivity contribution in [2.75, 3.05) is 13.1 Å². The summed E-state index contributed by atoms with van der Waals surface area (Å²) < 4.78 is 32.0. The summed E-state index contributed by atoms with van der Waals surface area (Å²) in [5, 5.41) is 4.23. The predicted molar refractivity (Wildman–Crippen MR) is 167 cm³/mol. The molecule has 1 unspecified atom stereocenters. The number of guanidine groups is 1. The van der Waals surface area contributed by atoms with Gasteiger partial charge in [0.1, 0.15) is 28.5 Å². The second-order valence-corrected chi connectivity index (χ2v) is 13.1. The number of rotatable bonds is 5. The number of nitrogens with zero attached hydrogens (tertiary/aromatic N) is 4. The van der Waals surface area contributed by atoms with Crippen LogP contribution in [0.5, 0.6) is 0 Å². The molecule has 1 aromatic heterocycles. The molecule has 44 heavy (non-hydrogen) atoms. The fraction of sp³-hybridized carbons (Fsp3) is 0.471. The van der Waals surface area contributed by atoms with Crippen LogP contribution in [0, 0.1) is 5.82 Å². The van der Waals surface area contributed by atoms with Crippen molar-refractivity contribution in [1.29, 1.82) is 0 Å². The van der Waals surface area contributed by atoms with Crippen LogP contribution in [0.3, 0.4) is 0 Å². The highest BCUT2D eigenvalue weighted by atomic mass is 19.1. The van der Waals surface area contributed by atoms with Gasteiger partial charge in [0.15, 0.2) is 0 Å². The standard InChI is InChI=1S/C34H43FN4O5/c1-23(25-16-17-27(28(35)20-25)24-14-10-8-11-15-24)29-21-26(37-44-29)22-39(32(41)43-34(5,6)7)30(38-18-12-9-13-19-38)36-31(40)42-33(2,3)4/h8,10-11,14-17,20-21,23H,9,12-13,18-19,22H2,1-7H3. The first kappa shape index (κ1) is 32.7. The maximum Gasteiger partial charge on any atom is 0.437 e. The second-order valence-electron chi connectivity index (χ2n) is 13.1. The van der Waals surface area contributed by atoms with Gasteiger partial charge in [0.05, 0.1) is 6.54 Å². The zero-order valence-electron chi connectivity index (χ0n) is 26.7. The molecule has 1 aliphatic heterocycles. The highest BCUT2D eigenvalue weighted by Crippen LogP contribution is 2.30. The first-order chi connectivity index (χ1) is 20.7. The molecule has 1 aliphatic rings. The topological polar surface area (TPSA) is 97.5 Å². The Morgan fingerprint density at radius 1 is 0.977 bits per heavy atom. The van der Waals surface area contributed by atoms with Crippen molar-refractivity contribution in [3.05, 3.63) is 77.4 Å². The van der Waals surface area contributed by atoms with Crippen LogP contribution in [-0.4, -0.2) is 57.4 Å². The monoisotopic (exact) mass is 606 g/mol. The highest BCUT2D eigenvalue weighted by Gasteiger charge is 2.32. The van der Waals surface area contributed by atoms with Gasteiger partial charge in [-0.3, -0.25) is 0 Å². The van der Waals surface area contributed by atoms with E-state index in [1.54, 1.807) is 53.7 Å². The third-order valence-corrected chi connectivity index (χ3v) is 6.98. The lowest BCUT2D eigenvalue weighted by Crippen LogP contribution is -2.50. The van der Waals surface area contributed by atoms with Gasteiger partial charge in [-0.2, -0.15) is 0 Å². The van der Waals surface area contributed by atoms with Crippen LogP contribution in [0.4, 0.5) is 14.0 Å². The summed E-state index contributed by atoms with van der Waals surface area (Å²) in [7, 11) is 0. The van der Waals surface area contributed by atoms with Gasteiger partial charge in [-0.25, -0.2) is 18.9 Å². The zero-order valence-corrected chi connectivity index (χ0v) is 26.7. The average molecular weight is 607 g/mol. The molecule has 10 heteroatoms. The van der Waals surface area contributed by atoms with E-state index in [9.17, 15) is 9.59 Å². The Morgan fingerprint density at radius 2 is 1.64 bits per heavy atom. The van der Waals surface area contributed by atoms with Gasteiger partial charge in [0.2, 0.25) is 5.96 Å². The number of amides is 2. The fourth-order valence-corrected chi connectivity index (χ4v) is 4.88. The zero-order chi connectivity index (χ0) is 32.1. The SMILES string of the molecule is CC(c1ccc(-c2ccccc2)c(F)c1)c1cc(CN(C(=O)OC(C)(C)C)C(=NC(=O)OC(C)(C)C)N2CCCCC2)no1. The lowest BCUT2D eigenvalue weighted by Gasteiger charge is -2.35. The van der Waals surface area contributed by atoms with Gasteiger partial charge >= 0.3 is 12.2 Å². The molecule has 1 fully saturated rings. The van der Waals surface area contributed by atoms with E-state index in [0.717, 1.165) is 30.4 Å². The van der Waals surface area contributed by atoms with E-state index in [4.69, 9.17) is 14.0 Å². The Morgan fingerprint density at radius 3 is 2.25 bits per heavy atom. The van der Waals surface area contributed by atoms with Crippen LogP contribution in [-0.2, 0) is 16.0 Å². The Kier molecular flexibility index (Phi) is 10.1. The molecule has 0 aliphatic carbocycles. The molecule has 2 aromatic carbocycles. The molecule has 1 atom stereocenters. The number of aliphatic imine (C=N–C) groups is 1. The molecule has 1 saturated heterocycles. The molecular weight excluding hydrogens is 563 g/mol. The van der Waals surface area contributed by atoms with E-state index in [1.807, 2.05) is 48.2 Å². The summed E-state index contributed by atoms with van der Waals surface area (Å²) in [5.41, 5.74) is 0.893. The Balaban J connectivity index is 1.63. The van der Waals surface area contributed by atoms with E-state index in [1.165, 1.54) is 11.0 Å². The molecule has 9 nitrogen and oxygen atoms in total. The van der Waals surface area contributed by atoms with Crippen LogP contribution in [0.1, 0.15) is 90.7 Å². The summed E-state index contributed by atoms with van der Waals surface area (Å²) in [4.78, 5) is 34.0. The van der Waals surface area contributed by atoms with Crippen molar-refractivity contribution in [2.45, 2.75) is 91.4 Å². The fourth-order valence-electron chi connectivity index (χ4n) is 4.88. The number of hydrogen-bond donors (Lipinski definition) is 0. The maximum atomic E-state index is 15.1. The van der Waals surface area contributed by atoms with Gasteiger partial charge < -0.3 is 18.9 Å². The molecule has 3 aromatic rings. The molecule has 0 saturated carbocycles. The molecule has 2 heterocycles. The summed E-state index contributed by atoms with van der Waals surface area (Å²) in [5.74, 6) is -0.00700. The largest absolute Gasteiger partial charge is 0.443 e. The molecule has 4 rings (SSSR count). The van der Waals surface area contributed by atoms with E-state index < -0.39 is 23.4 Å². The van der Waals surface area contributed by atoms with Crippen molar-refractivity contribution in [2.24, 2.45) is 4.99 Å². The van der Waals surface area contributed by atoms with E-state index in [0.29, 0.717) is 30.1 Å². The lowest BCUT2D eigenvalue weighted by atomic mass is 9.95. The summed E-state index contributed by atoms with van der Waals surface area (Å²) in [6.45, 7) is 13.6. The molecule has 0 spiro atoms. The number of piperidine rings is 1. The molecule has 0 N–H and O–H groups in total. The van der Waals surface area contributed by atoms with E-state index in [-0.39, 0.29) is 24.2 Å². The predicted octanol–water partition coefficient (Wildman–Crippen LogP) is 8.15. The minimum atomic E-state index is -0.804. The van der Waals surface area contributed by atoms with Crippen LogP contribution in [0.25, 0.3) is 11.1 Å². The van der Waals surface area contributed by atoms with Gasteiger partial charge in [-0.15, -0.1) is 4.99 Å². The summed E-state index contributed by atoms with van der Waals surface area (Å²) in [6.07, 6.45) is 1.34. The number of hydrogen-bond acceptors (Lipinski definition) is 6. The van der Waals surface area contributed by atoms with Gasteiger partial charge in [-0.1, -0.05) is 54.5 Å². The van der Waals surface area contributed by atoms with Crippen molar-refractivity contribution in [3.63, 3.8) is 0 Å². The number of ether oxygens (including phenoxy) is 2. The summed E-state index contributed by atoms with van der Waals surface area (Å²) in [6, 6.07) is 16.2. The molecule has 0 bridgehead atoms. The van der Waals surface area contributed by atoms with Crippen molar-refractivity contribution in [3.8, 4) is 11.1 Å². The normalized spacial score (nSPS) is 15.1. The third kappa shape index (κ3) is 8.90. The number of carbonyl (C=O) groups is 2. The second kappa shape index (κ2) is 13.6. The highest BCUT2D eigenvalue weighted by molar-refractivity contribution is 5.99. The van der Waals surface area contributed by atoms with Gasteiger partial charge in [0.25, 0.3) is 0 Å². The molecule has 0 radical (unpaired) electrons. The van der Waals surface area contributed by atoms with Crippen molar-refractivity contribution in [1.82, 2.24) is 15.0 Å².